The highest BCUT2D eigenvalue weighted by Gasteiger charge is 2.22. The second-order valence-electron chi connectivity index (χ2n) is 5.33. The molecule has 2 atom stereocenters. The number of likely N-dealkylation sites (N-methyl/N-ethyl adjacent to an activating group) is 1. The molecule has 0 aromatic carbocycles. The first kappa shape index (κ1) is 16.1. The molecule has 0 saturated heterocycles. The van der Waals surface area contributed by atoms with E-state index in [-0.39, 0.29) is 23.8 Å². The number of carbonyl (C=O) groups is 1. The van der Waals surface area contributed by atoms with Crippen molar-refractivity contribution in [3.05, 3.63) is 22.4 Å². The van der Waals surface area contributed by atoms with Crippen LogP contribution in [0.4, 0.5) is 0 Å². The summed E-state index contributed by atoms with van der Waals surface area (Å²) in [5.74, 6) is 0.219. The molecule has 1 rings (SSSR count). The number of hydrogen-bond acceptors (Lipinski definition) is 4. The van der Waals surface area contributed by atoms with Crippen LogP contribution in [-0.2, 0) is 4.79 Å². The molecule has 1 amide bonds. The van der Waals surface area contributed by atoms with Gasteiger partial charge in [-0.1, -0.05) is 19.9 Å². The Morgan fingerprint density at radius 2 is 2.16 bits per heavy atom. The highest BCUT2D eigenvalue weighted by molar-refractivity contribution is 7.10. The van der Waals surface area contributed by atoms with Gasteiger partial charge in [-0.3, -0.25) is 4.79 Å². The fourth-order valence-corrected chi connectivity index (χ4v) is 2.95. The minimum absolute atomic E-state index is 0.0564. The lowest BCUT2D eigenvalue weighted by atomic mass is 9.95. The number of nitrogens with zero attached hydrogens (tertiary/aromatic N) is 1. The van der Waals surface area contributed by atoms with Crippen LogP contribution in [-0.4, -0.2) is 38.0 Å². The minimum Gasteiger partial charge on any atom is -0.354 e. The van der Waals surface area contributed by atoms with Crippen LogP contribution >= 0.6 is 11.3 Å². The Kier molecular flexibility index (Phi) is 6.48. The monoisotopic (exact) mass is 283 g/mol. The smallest absolute Gasteiger partial charge is 0.224 e. The molecule has 0 spiro atoms. The van der Waals surface area contributed by atoms with E-state index in [4.69, 9.17) is 5.73 Å². The SMILES string of the molecule is CC(C)C(CN)C(=O)NCC(c1cccs1)N(C)C. The lowest BCUT2D eigenvalue weighted by molar-refractivity contribution is -0.126. The molecule has 0 aliphatic heterocycles. The van der Waals surface area contributed by atoms with Gasteiger partial charge in [-0.2, -0.15) is 0 Å². The average molecular weight is 283 g/mol. The van der Waals surface area contributed by atoms with Gasteiger partial charge in [0.1, 0.15) is 0 Å². The number of rotatable bonds is 7. The summed E-state index contributed by atoms with van der Waals surface area (Å²) in [5, 5.41) is 5.09. The van der Waals surface area contributed by atoms with E-state index in [9.17, 15) is 4.79 Å². The average Bonchev–Trinajstić information content (AvgIpc) is 2.82. The molecule has 1 aromatic heterocycles. The van der Waals surface area contributed by atoms with E-state index in [1.165, 1.54) is 4.88 Å². The summed E-state index contributed by atoms with van der Waals surface area (Å²) in [6.45, 7) is 5.07. The maximum absolute atomic E-state index is 12.1. The van der Waals surface area contributed by atoms with Crippen LogP contribution in [0.5, 0.6) is 0 Å². The van der Waals surface area contributed by atoms with Crippen molar-refractivity contribution >= 4 is 17.2 Å². The maximum Gasteiger partial charge on any atom is 0.224 e. The third-order valence-corrected chi connectivity index (χ3v) is 4.33. The van der Waals surface area contributed by atoms with E-state index in [2.05, 4.69) is 21.7 Å². The zero-order valence-electron chi connectivity index (χ0n) is 12.2. The summed E-state index contributed by atoms with van der Waals surface area (Å²) < 4.78 is 0. The standard InChI is InChI=1S/C14H25N3OS/c1-10(2)11(8-15)14(18)16-9-12(17(3)4)13-6-5-7-19-13/h5-7,10-12H,8-9,15H2,1-4H3,(H,16,18). The van der Waals surface area contributed by atoms with Gasteiger partial charge in [0.15, 0.2) is 0 Å². The quantitative estimate of drug-likeness (QED) is 0.801. The number of thiophene rings is 1. The van der Waals surface area contributed by atoms with Crippen molar-refractivity contribution in [2.24, 2.45) is 17.6 Å². The summed E-state index contributed by atoms with van der Waals surface area (Å²) in [4.78, 5) is 15.5. The summed E-state index contributed by atoms with van der Waals surface area (Å²) in [6, 6.07) is 4.36. The summed E-state index contributed by atoms with van der Waals surface area (Å²) in [7, 11) is 4.05. The van der Waals surface area contributed by atoms with Crippen LogP contribution in [0.1, 0.15) is 24.8 Å². The highest BCUT2D eigenvalue weighted by Crippen LogP contribution is 2.22. The van der Waals surface area contributed by atoms with Crippen LogP contribution in [0.25, 0.3) is 0 Å². The lowest BCUT2D eigenvalue weighted by Gasteiger charge is -2.25. The predicted molar refractivity (Wildman–Crippen MR) is 81.1 cm³/mol. The van der Waals surface area contributed by atoms with Gasteiger partial charge >= 0.3 is 0 Å². The maximum atomic E-state index is 12.1. The van der Waals surface area contributed by atoms with E-state index in [1.54, 1.807) is 11.3 Å². The van der Waals surface area contributed by atoms with Crippen LogP contribution in [0, 0.1) is 11.8 Å². The van der Waals surface area contributed by atoms with Gasteiger partial charge in [0.05, 0.1) is 12.0 Å². The Bertz CT molecular complexity index is 376. The third kappa shape index (κ3) is 4.60. The number of nitrogens with two attached hydrogens (primary N) is 1. The molecule has 108 valence electrons. The predicted octanol–water partition coefficient (Wildman–Crippen LogP) is 1.70. The normalized spacial score (nSPS) is 14.7. The number of carbonyl (C=O) groups excluding carboxylic acids is 1. The molecule has 0 fully saturated rings. The van der Waals surface area contributed by atoms with Crippen molar-refractivity contribution in [1.29, 1.82) is 0 Å². The molecule has 0 saturated carbocycles. The zero-order valence-corrected chi connectivity index (χ0v) is 13.0. The Hall–Kier alpha value is -0.910. The molecule has 4 nitrogen and oxygen atoms in total. The Balaban J connectivity index is 2.60. The second kappa shape index (κ2) is 7.62. The van der Waals surface area contributed by atoms with E-state index >= 15 is 0 Å². The van der Waals surface area contributed by atoms with E-state index < -0.39 is 0 Å². The molecule has 2 unspecified atom stereocenters. The van der Waals surface area contributed by atoms with Gasteiger partial charge in [0.25, 0.3) is 0 Å². The Morgan fingerprint density at radius 1 is 1.47 bits per heavy atom. The van der Waals surface area contributed by atoms with Gasteiger partial charge in [-0.25, -0.2) is 0 Å². The Morgan fingerprint density at radius 3 is 2.58 bits per heavy atom. The largest absolute Gasteiger partial charge is 0.354 e. The third-order valence-electron chi connectivity index (χ3n) is 3.36. The van der Waals surface area contributed by atoms with Crippen molar-refractivity contribution in [3.63, 3.8) is 0 Å². The Labute approximate surface area is 120 Å². The van der Waals surface area contributed by atoms with Crippen LogP contribution in [0.2, 0.25) is 0 Å². The molecule has 19 heavy (non-hydrogen) atoms. The topological polar surface area (TPSA) is 58.4 Å². The van der Waals surface area contributed by atoms with Crippen LogP contribution in [0.3, 0.4) is 0 Å². The number of amides is 1. The van der Waals surface area contributed by atoms with Gasteiger partial charge in [0.2, 0.25) is 5.91 Å². The molecule has 3 N–H and O–H groups in total. The molecule has 0 radical (unpaired) electrons. The highest BCUT2D eigenvalue weighted by atomic mass is 32.1. The van der Waals surface area contributed by atoms with Crippen LogP contribution < -0.4 is 11.1 Å². The first-order chi connectivity index (χ1) is 8.97. The fraction of sp³-hybridized carbons (Fsp3) is 0.643. The molecule has 0 bridgehead atoms. The lowest BCUT2D eigenvalue weighted by Crippen LogP contribution is -2.41. The molecular formula is C14H25N3OS. The van der Waals surface area contributed by atoms with Crippen molar-refractivity contribution in [1.82, 2.24) is 10.2 Å². The summed E-state index contributed by atoms with van der Waals surface area (Å²) in [6.07, 6.45) is 0. The first-order valence-corrected chi connectivity index (χ1v) is 7.53. The fourth-order valence-electron chi connectivity index (χ4n) is 2.03. The molecule has 0 aliphatic carbocycles. The summed E-state index contributed by atoms with van der Waals surface area (Å²) in [5.41, 5.74) is 5.67. The molecular weight excluding hydrogens is 258 g/mol. The summed E-state index contributed by atoms with van der Waals surface area (Å²) >= 11 is 1.71. The van der Waals surface area contributed by atoms with E-state index in [0.29, 0.717) is 13.1 Å². The first-order valence-electron chi connectivity index (χ1n) is 6.65. The van der Waals surface area contributed by atoms with Crippen molar-refractivity contribution in [2.45, 2.75) is 19.9 Å². The molecule has 1 aromatic rings. The van der Waals surface area contributed by atoms with Crippen molar-refractivity contribution in [2.75, 3.05) is 27.2 Å². The van der Waals surface area contributed by atoms with Crippen molar-refractivity contribution < 1.29 is 4.79 Å². The van der Waals surface area contributed by atoms with E-state index in [1.807, 2.05) is 34.0 Å². The number of hydrogen-bond donors (Lipinski definition) is 2. The number of nitrogens with one attached hydrogen (secondary N) is 1. The van der Waals surface area contributed by atoms with E-state index in [0.717, 1.165) is 0 Å². The molecule has 0 aliphatic rings. The molecule has 1 heterocycles. The van der Waals surface area contributed by atoms with Gasteiger partial charge in [0, 0.05) is 18.0 Å². The van der Waals surface area contributed by atoms with Gasteiger partial charge in [-0.15, -0.1) is 11.3 Å². The van der Waals surface area contributed by atoms with Gasteiger partial charge in [-0.05, 0) is 31.5 Å². The minimum atomic E-state index is -0.105. The van der Waals surface area contributed by atoms with Crippen LogP contribution in [0.15, 0.2) is 17.5 Å². The van der Waals surface area contributed by atoms with Gasteiger partial charge < -0.3 is 16.0 Å². The van der Waals surface area contributed by atoms with Crippen molar-refractivity contribution in [3.8, 4) is 0 Å². The molecule has 5 heteroatoms. The second-order valence-corrected chi connectivity index (χ2v) is 6.31. The zero-order chi connectivity index (χ0) is 14.4.